The summed E-state index contributed by atoms with van der Waals surface area (Å²) in [6.45, 7) is 14.7. The van der Waals surface area contributed by atoms with Gasteiger partial charge in [-0.15, -0.1) is 0 Å². The second-order valence-electron chi connectivity index (χ2n) is 13.5. The summed E-state index contributed by atoms with van der Waals surface area (Å²) in [5.41, 5.74) is 10.1. The highest BCUT2D eigenvalue weighted by Gasteiger charge is 2.51. The normalized spacial score (nSPS) is 23.2. The van der Waals surface area contributed by atoms with E-state index in [0.29, 0.717) is 18.9 Å². The van der Waals surface area contributed by atoms with Crippen LogP contribution in [0.4, 0.5) is 0 Å². The van der Waals surface area contributed by atoms with Crippen molar-refractivity contribution in [3.8, 4) is 0 Å². The molecule has 1 saturated heterocycles. The molecule has 6 nitrogen and oxygen atoms in total. The average molecular weight is 515 g/mol. The minimum absolute atomic E-state index is 0.0690. The summed E-state index contributed by atoms with van der Waals surface area (Å²) >= 11 is 0. The number of aryl methyl sites for hydroxylation is 1. The van der Waals surface area contributed by atoms with Crippen LogP contribution in [0.5, 0.6) is 0 Å². The molecule has 0 bridgehead atoms. The Morgan fingerprint density at radius 3 is 2.37 bits per heavy atom. The van der Waals surface area contributed by atoms with Crippen molar-refractivity contribution in [2.45, 2.75) is 84.7 Å². The number of carbonyl (C=O) groups excluding carboxylic acids is 2. The summed E-state index contributed by atoms with van der Waals surface area (Å²) in [6.07, 6.45) is 3.94. The Labute approximate surface area is 227 Å². The monoisotopic (exact) mass is 514 g/mol. The zero-order valence-electron chi connectivity index (χ0n) is 23.8. The van der Waals surface area contributed by atoms with Gasteiger partial charge in [-0.25, -0.2) is 4.99 Å². The molecule has 2 N–H and O–H groups in total. The molecule has 0 radical (unpaired) electrons. The molecule has 38 heavy (non-hydrogen) atoms. The number of nitrogens with zero attached hydrogens (tertiary/aromatic N) is 3. The van der Waals surface area contributed by atoms with E-state index < -0.39 is 5.54 Å². The van der Waals surface area contributed by atoms with Crippen LogP contribution in [0.3, 0.4) is 0 Å². The van der Waals surface area contributed by atoms with Gasteiger partial charge >= 0.3 is 0 Å². The lowest BCUT2D eigenvalue weighted by molar-refractivity contribution is -0.132. The average Bonchev–Trinajstić information content (AvgIpc) is 3.54. The molecule has 1 atom stereocenters. The maximum atomic E-state index is 14.1. The number of amides is 2. The van der Waals surface area contributed by atoms with Gasteiger partial charge < -0.3 is 10.6 Å². The third kappa shape index (κ3) is 4.97. The molecular weight excluding hydrogens is 472 g/mol. The molecule has 0 aromatic heterocycles. The van der Waals surface area contributed by atoms with Crippen molar-refractivity contribution in [1.29, 1.82) is 0 Å². The predicted molar refractivity (Wildman–Crippen MR) is 152 cm³/mol. The number of likely N-dealkylation sites (tertiary alicyclic amines) is 1. The van der Waals surface area contributed by atoms with E-state index in [2.05, 4.69) is 40.7 Å². The van der Waals surface area contributed by atoms with Crippen LogP contribution >= 0.6 is 0 Å². The number of hydrogen-bond acceptors (Lipinski definition) is 4. The number of carbonyl (C=O) groups is 2. The van der Waals surface area contributed by atoms with Gasteiger partial charge in [-0.2, -0.15) is 0 Å². The molecule has 2 fully saturated rings. The Hall–Kier alpha value is -3.15. The van der Waals surface area contributed by atoms with Gasteiger partial charge in [-0.1, -0.05) is 89.4 Å². The van der Waals surface area contributed by atoms with Gasteiger partial charge in [0.2, 0.25) is 0 Å². The first kappa shape index (κ1) is 26.5. The zero-order chi connectivity index (χ0) is 27.5. The van der Waals surface area contributed by atoms with Gasteiger partial charge in [-0.3, -0.25) is 14.5 Å². The van der Waals surface area contributed by atoms with Crippen LogP contribution in [0.1, 0.15) is 92.9 Å². The van der Waals surface area contributed by atoms with E-state index in [9.17, 15) is 9.59 Å². The SMILES string of the molecule is Cc1ccc([C@@]2(CC3CC3)N=C(N)N(Cc3ccc(C(C)(C)C)c(C(=O)N4CCC(C)(C)C4)c3)C2=O)cc1. The Kier molecular flexibility index (Phi) is 6.44. The number of aliphatic imine (C=N–C) groups is 1. The van der Waals surface area contributed by atoms with E-state index in [1.54, 1.807) is 4.90 Å². The molecule has 2 heterocycles. The highest BCUT2D eigenvalue weighted by Crippen LogP contribution is 2.46. The lowest BCUT2D eigenvalue weighted by Gasteiger charge is -2.28. The first-order valence-electron chi connectivity index (χ1n) is 14.0. The fourth-order valence-electron chi connectivity index (χ4n) is 5.95. The Morgan fingerprint density at radius 2 is 1.79 bits per heavy atom. The van der Waals surface area contributed by atoms with Crippen LogP contribution in [-0.4, -0.2) is 40.7 Å². The molecule has 202 valence electrons. The van der Waals surface area contributed by atoms with Crippen LogP contribution < -0.4 is 5.73 Å². The van der Waals surface area contributed by atoms with Crippen molar-refractivity contribution in [2.24, 2.45) is 22.1 Å². The third-order valence-electron chi connectivity index (χ3n) is 8.42. The lowest BCUT2D eigenvalue weighted by atomic mass is 9.82. The minimum atomic E-state index is -0.968. The molecule has 2 aromatic rings. The molecule has 1 saturated carbocycles. The summed E-state index contributed by atoms with van der Waals surface area (Å²) < 4.78 is 0. The summed E-state index contributed by atoms with van der Waals surface area (Å²) in [6, 6.07) is 14.2. The number of hydrogen-bond donors (Lipinski definition) is 1. The van der Waals surface area contributed by atoms with Crippen LogP contribution in [0.15, 0.2) is 47.5 Å². The number of nitrogens with two attached hydrogens (primary N) is 1. The fourth-order valence-corrected chi connectivity index (χ4v) is 5.95. The van der Waals surface area contributed by atoms with Crippen molar-refractivity contribution < 1.29 is 9.59 Å². The molecule has 0 unspecified atom stereocenters. The van der Waals surface area contributed by atoms with Crippen molar-refractivity contribution in [3.05, 3.63) is 70.3 Å². The van der Waals surface area contributed by atoms with Crippen molar-refractivity contribution in [2.75, 3.05) is 13.1 Å². The van der Waals surface area contributed by atoms with E-state index in [1.807, 2.05) is 48.2 Å². The van der Waals surface area contributed by atoms with Gasteiger partial charge in [0.05, 0.1) is 6.54 Å². The molecule has 5 rings (SSSR count). The molecule has 2 aliphatic heterocycles. The van der Waals surface area contributed by atoms with Crippen LogP contribution in [0, 0.1) is 18.3 Å². The molecule has 1 aliphatic carbocycles. The van der Waals surface area contributed by atoms with Gasteiger partial charge in [0, 0.05) is 18.7 Å². The summed E-state index contributed by atoms with van der Waals surface area (Å²) in [5.74, 6) is 0.751. The maximum absolute atomic E-state index is 14.1. The zero-order valence-corrected chi connectivity index (χ0v) is 23.8. The first-order valence-corrected chi connectivity index (χ1v) is 14.0. The molecule has 3 aliphatic rings. The maximum Gasteiger partial charge on any atom is 0.262 e. The van der Waals surface area contributed by atoms with Gasteiger partial charge in [0.15, 0.2) is 11.5 Å². The van der Waals surface area contributed by atoms with E-state index in [4.69, 9.17) is 10.7 Å². The molecule has 2 amide bonds. The van der Waals surface area contributed by atoms with Crippen LogP contribution in [0.25, 0.3) is 0 Å². The van der Waals surface area contributed by atoms with Gasteiger partial charge in [0.25, 0.3) is 11.8 Å². The molecular formula is C32H42N4O2. The Bertz CT molecular complexity index is 1280. The highest BCUT2D eigenvalue weighted by atomic mass is 16.2. The van der Waals surface area contributed by atoms with Crippen molar-refractivity contribution in [1.82, 2.24) is 9.80 Å². The van der Waals surface area contributed by atoms with E-state index in [1.165, 1.54) is 0 Å². The van der Waals surface area contributed by atoms with Crippen molar-refractivity contribution in [3.63, 3.8) is 0 Å². The third-order valence-corrected chi connectivity index (χ3v) is 8.42. The summed E-state index contributed by atoms with van der Waals surface area (Å²) in [7, 11) is 0. The standard InChI is InChI=1S/C32H42N4O2/c1-21-7-12-24(13-8-21)32(18-22-9-10-22)28(38)36(29(33)34-32)19-23-11-14-26(30(2,3)4)25(17-23)27(37)35-16-15-31(5,6)20-35/h7-8,11-14,17,22H,9-10,15-16,18-20H2,1-6H3,(H2,33,34)/t32-/m1/s1. The minimum Gasteiger partial charge on any atom is -0.369 e. The van der Waals surface area contributed by atoms with Crippen molar-refractivity contribution >= 4 is 17.8 Å². The Morgan fingerprint density at radius 1 is 1.11 bits per heavy atom. The van der Waals surface area contributed by atoms with Crippen LogP contribution in [0.2, 0.25) is 0 Å². The number of rotatable bonds is 6. The second kappa shape index (κ2) is 9.25. The number of guanidine groups is 1. The highest BCUT2D eigenvalue weighted by molar-refractivity contribution is 6.07. The smallest absolute Gasteiger partial charge is 0.262 e. The molecule has 2 aromatic carbocycles. The largest absolute Gasteiger partial charge is 0.369 e. The predicted octanol–water partition coefficient (Wildman–Crippen LogP) is 5.52. The quantitative estimate of drug-likeness (QED) is 0.552. The van der Waals surface area contributed by atoms with Gasteiger partial charge in [0.1, 0.15) is 0 Å². The summed E-state index contributed by atoms with van der Waals surface area (Å²) in [4.78, 5) is 36.3. The second-order valence-corrected chi connectivity index (χ2v) is 13.5. The fraction of sp³-hybridized carbons (Fsp3) is 0.531. The lowest BCUT2D eigenvalue weighted by Crippen LogP contribution is -2.43. The molecule has 6 heteroatoms. The molecule has 0 spiro atoms. The van der Waals surface area contributed by atoms with E-state index in [-0.39, 0.29) is 28.6 Å². The summed E-state index contributed by atoms with van der Waals surface area (Å²) in [5, 5.41) is 0. The number of benzene rings is 2. The van der Waals surface area contributed by atoms with E-state index in [0.717, 1.165) is 60.2 Å². The Balaban J connectivity index is 1.46. The topological polar surface area (TPSA) is 79.0 Å². The van der Waals surface area contributed by atoms with Crippen LogP contribution in [-0.2, 0) is 22.3 Å². The van der Waals surface area contributed by atoms with Gasteiger partial charge in [-0.05, 0) is 59.3 Å². The first-order chi connectivity index (χ1) is 17.8. The van der Waals surface area contributed by atoms with E-state index >= 15 is 0 Å².